The Hall–Kier alpha value is -1.62. The quantitative estimate of drug-likeness (QED) is 0.853. The van der Waals surface area contributed by atoms with Crippen molar-refractivity contribution in [3.8, 4) is 5.75 Å². The molecule has 2 aromatic rings. The Balaban J connectivity index is 2.20. The predicted molar refractivity (Wildman–Crippen MR) is 79.1 cm³/mol. The standard InChI is InChI=1S/C15H14BrF2NO/c1-9(10-3-4-14(17)15(18)5-10)19-12-6-11(16)7-13(8-12)20-2/h3-9,19H,1-2H3. The van der Waals surface area contributed by atoms with Gasteiger partial charge in [-0.15, -0.1) is 0 Å². The van der Waals surface area contributed by atoms with Crippen LogP contribution in [0.15, 0.2) is 40.9 Å². The van der Waals surface area contributed by atoms with Gasteiger partial charge in [-0.05, 0) is 36.8 Å². The van der Waals surface area contributed by atoms with Crippen LogP contribution in [0.5, 0.6) is 5.75 Å². The van der Waals surface area contributed by atoms with Gasteiger partial charge in [-0.3, -0.25) is 0 Å². The molecule has 0 fully saturated rings. The number of ether oxygens (including phenoxy) is 1. The highest BCUT2D eigenvalue weighted by Gasteiger charge is 2.10. The number of benzene rings is 2. The Morgan fingerprint density at radius 2 is 1.85 bits per heavy atom. The molecule has 20 heavy (non-hydrogen) atoms. The number of halogens is 3. The summed E-state index contributed by atoms with van der Waals surface area (Å²) < 4.78 is 32.2. The molecular weight excluding hydrogens is 328 g/mol. The zero-order chi connectivity index (χ0) is 14.7. The van der Waals surface area contributed by atoms with Gasteiger partial charge in [0.2, 0.25) is 0 Å². The molecule has 0 aliphatic heterocycles. The average Bonchev–Trinajstić information content (AvgIpc) is 2.41. The maximum atomic E-state index is 13.2. The summed E-state index contributed by atoms with van der Waals surface area (Å²) in [6.07, 6.45) is 0. The Morgan fingerprint density at radius 1 is 1.10 bits per heavy atom. The third kappa shape index (κ3) is 3.48. The molecule has 1 unspecified atom stereocenters. The number of methoxy groups -OCH3 is 1. The lowest BCUT2D eigenvalue weighted by Gasteiger charge is -2.17. The predicted octanol–water partition coefficient (Wildman–Crippen LogP) is 4.91. The first-order valence-corrected chi connectivity index (χ1v) is 6.85. The summed E-state index contributed by atoms with van der Waals surface area (Å²) in [4.78, 5) is 0. The molecule has 0 saturated carbocycles. The molecule has 106 valence electrons. The van der Waals surface area contributed by atoms with Crippen molar-refractivity contribution in [2.24, 2.45) is 0 Å². The molecule has 0 saturated heterocycles. The van der Waals surface area contributed by atoms with Crippen LogP contribution in [-0.4, -0.2) is 7.11 Å². The van der Waals surface area contributed by atoms with E-state index in [1.165, 1.54) is 6.07 Å². The Bertz CT molecular complexity index is 619. The molecule has 2 rings (SSSR count). The van der Waals surface area contributed by atoms with E-state index in [0.29, 0.717) is 11.3 Å². The molecule has 5 heteroatoms. The molecule has 0 spiro atoms. The molecule has 0 aliphatic rings. The molecule has 1 atom stereocenters. The minimum absolute atomic E-state index is 0.163. The van der Waals surface area contributed by atoms with Gasteiger partial charge in [0.1, 0.15) is 5.75 Å². The van der Waals surface area contributed by atoms with E-state index >= 15 is 0 Å². The third-order valence-electron chi connectivity index (χ3n) is 2.93. The minimum Gasteiger partial charge on any atom is -0.497 e. The van der Waals surface area contributed by atoms with E-state index in [1.54, 1.807) is 13.2 Å². The summed E-state index contributed by atoms with van der Waals surface area (Å²) >= 11 is 3.39. The molecule has 0 amide bonds. The van der Waals surface area contributed by atoms with Crippen molar-refractivity contribution < 1.29 is 13.5 Å². The number of anilines is 1. The van der Waals surface area contributed by atoms with E-state index in [1.807, 2.05) is 25.1 Å². The van der Waals surface area contributed by atoms with Crippen molar-refractivity contribution in [3.05, 3.63) is 58.1 Å². The first-order valence-electron chi connectivity index (χ1n) is 6.05. The minimum atomic E-state index is -0.844. The van der Waals surface area contributed by atoms with Gasteiger partial charge in [0, 0.05) is 22.3 Å². The van der Waals surface area contributed by atoms with Gasteiger partial charge < -0.3 is 10.1 Å². The highest BCUT2D eigenvalue weighted by Crippen LogP contribution is 2.27. The fourth-order valence-electron chi connectivity index (χ4n) is 1.88. The Morgan fingerprint density at radius 3 is 2.50 bits per heavy atom. The van der Waals surface area contributed by atoms with E-state index in [0.717, 1.165) is 16.2 Å². The Kier molecular flexibility index (Phi) is 4.60. The summed E-state index contributed by atoms with van der Waals surface area (Å²) in [5.41, 5.74) is 1.50. The lowest BCUT2D eigenvalue weighted by molar-refractivity contribution is 0.414. The van der Waals surface area contributed by atoms with Crippen molar-refractivity contribution in [2.75, 3.05) is 12.4 Å². The molecule has 0 aliphatic carbocycles. The number of hydrogen-bond acceptors (Lipinski definition) is 2. The number of hydrogen-bond donors (Lipinski definition) is 1. The van der Waals surface area contributed by atoms with E-state index in [-0.39, 0.29) is 6.04 Å². The second-order valence-electron chi connectivity index (χ2n) is 4.42. The second-order valence-corrected chi connectivity index (χ2v) is 5.33. The highest BCUT2D eigenvalue weighted by molar-refractivity contribution is 9.10. The van der Waals surface area contributed by atoms with Crippen LogP contribution in [-0.2, 0) is 0 Å². The van der Waals surface area contributed by atoms with Gasteiger partial charge >= 0.3 is 0 Å². The largest absolute Gasteiger partial charge is 0.497 e. The zero-order valence-electron chi connectivity index (χ0n) is 11.1. The molecule has 0 radical (unpaired) electrons. The number of rotatable bonds is 4. The summed E-state index contributed by atoms with van der Waals surface area (Å²) in [6, 6.07) is 9.29. The van der Waals surface area contributed by atoms with Crippen molar-refractivity contribution >= 4 is 21.6 Å². The summed E-state index contributed by atoms with van der Waals surface area (Å²) in [7, 11) is 1.59. The van der Waals surface area contributed by atoms with E-state index in [2.05, 4.69) is 21.2 Å². The van der Waals surface area contributed by atoms with Gasteiger partial charge in [0.05, 0.1) is 7.11 Å². The Labute approximate surface area is 124 Å². The first-order chi connectivity index (χ1) is 9.49. The lowest BCUT2D eigenvalue weighted by Crippen LogP contribution is -2.07. The van der Waals surface area contributed by atoms with Crippen LogP contribution in [0.1, 0.15) is 18.5 Å². The second kappa shape index (κ2) is 6.22. The maximum absolute atomic E-state index is 13.2. The summed E-state index contributed by atoms with van der Waals surface area (Å²) in [5.74, 6) is -0.979. The maximum Gasteiger partial charge on any atom is 0.159 e. The molecule has 2 aromatic carbocycles. The van der Waals surface area contributed by atoms with E-state index < -0.39 is 11.6 Å². The van der Waals surface area contributed by atoms with Crippen molar-refractivity contribution in [2.45, 2.75) is 13.0 Å². The van der Waals surface area contributed by atoms with Gasteiger partial charge in [0.15, 0.2) is 11.6 Å². The average molecular weight is 342 g/mol. The molecule has 1 N–H and O–H groups in total. The van der Waals surface area contributed by atoms with E-state index in [9.17, 15) is 8.78 Å². The zero-order valence-corrected chi connectivity index (χ0v) is 12.7. The fraction of sp³-hybridized carbons (Fsp3) is 0.200. The van der Waals surface area contributed by atoms with Gasteiger partial charge in [-0.2, -0.15) is 0 Å². The normalized spacial score (nSPS) is 12.1. The SMILES string of the molecule is COc1cc(Br)cc(NC(C)c2ccc(F)c(F)c2)c1. The molecule has 0 aromatic heterocycles. The smallest absolute Gasteiger partial charge is 0.159 e. The number of nitrogens with one attached hydrogen (secondary N) is 1. The van der Waals surface area contributed by atoms with Crippen LogP contribution in [0.25, 0.3) is 0 Å². The third-order valence-corrected chi connectivity index (χ3v) is 3.39. The topological polar surface area (TPSA) is 21.3 Å². The van der Waals surface area contributed by atoms with Gasteiger partial charge in [0.25, 0.3) is 0 Å². The monoisotopic (exact) mass is 341 g/mol. The van der Waals surface area contributed by atoms with Crippen LogP contribution < -0.4 is 10.1 Å². The van der Waals surface area contributed by atoms with Crippen LogP contribution in [0.2, 0.25) is 0 Å². The fourth-order valence-corrected chi connectivity index (χ4v) is 2.35. The van der Waals surface area contributed by atoms with E-state index in [4.69, 9.17) is 4.74 Å². The molecule has 2 nitrogen and oxygen atoms in total. The lowest BCUT2D eigenvalue weighted by atomic mass is 10.1. The van der Waals surface area contributed by atoms with Crippen LogP contribution >= 0.6 is 15.9 Å². The first kappa shape index (κ1) is 14.8. The van der Waals surface area contributed by atoms with Crippen molar-refractivity contribution in [3.63, 3.8) is 0 Å². The summed E-state index contributed by atoms with van der Waals surface area (Å²) in [5, 5.41) is 3.22. The molecular formula is C15H14BrF2NO. The van der Waals surface area contributed by atoms with Crippen LogP contribution in [0.4, 0.5) is 14.5 Å². The van der Waals surface area contributed by atoms with Crippen LogP contribution in [0, 0.1) is 11.6 Å². The van der Waals surface area contributed by atoms with Gasteiger partial charge in [-0.25, -0.2) is 8.78 Å². The van der Waals surface area contributed by atoms with Gasteiger partial charge in [-0.1, -0.05) is 22.0 Å². The molecule has 0 heterocycles. The van der Waals surface area contributed by atoms with Crippen molar-refractivity contribution in [1.82, 2.24) is 0 Å². The summed E-state index contributed by atoms with van der Waals surface area (Å²) in [6.45, 7) is 1.88. The van der Waals surface area contributed by atoms with Crippen LogP contribution in [0.3, 0.4) is 0 Å². The molecule has 0 bridgehead atoms. The highest BCUT2D eigenvalue weighted by atomic mass is 79.9. The van der Waals surface area contributed by atoms with Crippen molar-refractivity contribution in [1.29, 1.82) is 0 Å².